The molecule has 4 rings (SSSR count). The molecular formula is C24H27FN4O3S. The number of benzene rings is 1. The molecule has 1 aromatic carbocycles. The zero-order chi connectivity index (χ0) is 23.9. The van der Waals surface area contributed by atoms with Crippen molar-refractivity contribution in [3.63, 3.8) is 0 Å². The summed E-state index contributed by atoms with van der Waals surface area (Å²) < 4.78 is 15.1. The van der Waals surface area contributed by atoms with Crippen molar-refractivity contribution in [3.05, 3.63) is 56.7 Å². The van der Waals surface area contributed by atoms with E-state index in [9.17, 15) is 18.8 Å². The van der Waals surface area contributed by atoms with Crippen LogP contribution in [-0.4, -0.2) is 39.4 Å². The Morgan fingerprint density at radius 1 is 1.21 bits per heavy atom. The van der Waals surface area contributed by atoms with Crippen molar-refractivity contribution in [1.29, 1.82) is 0 Å². The summed E-state index contributed by atoms with van der Waals surface area (Å²) in [5.74, 6) is -0.0945. The highest BCUT2D eigenvalue weighted by Gasteiger charge is 2.26. The van der Waals surface area contributed by atoms with E-state index in [0.717, 1.165) is 17.8 Å². The van der Waals surface area contributed by atoms with E-state index in [1.807, 2.05) is 4.90 Å². The molecule has 2 atom stereocenters. The molecule has 2 aromatic heterocycles. The highest BCUT2D eigenvalue weighted by atomic mass is 32.1. The quantitative estimate of drug-likeness (QED) is 0.625. The summed E-state index contributed by atoms with van der Waals surface area (Å²) in [4.78, 5) is 45.7. The molecule has 0 unspecified atom stereocenters. The molecule has 2 amide bonds. The first kappa shape index (κ1) is 23.1. The van der Waals surface area contributed by atoms with Crippen LogP contribution in [0.3, 0.4) is 0 Å². The van der Waals surface area contributed by atoms with E-state index in [0.29, 0.717) is 56.8 Å². The van der Waals surface area contributed by atoms with Gasteiger partial charge in [-0.05, 0) is 55.4 Å². The number of fused-ring (bicyclic) bond motifs is 1. The third kappa shape index (κ3) is 4.68. The fraction of sp³-hybridized carbons (Fsp3) is 0.417. The Kier molecular flexibility index (Phi) is 6.34. The van der Waals surface area contributed by atoms with Crippen molar-refractivity contribution in [3.8, 4) is 0 Å². The summed E-state index contributed by atoms with van der Waals surface area (Å²) >= 11 is 1.10. The van der Waals surface area contributed by atoms with Gasteiger partial charge in [0.15, 0.2) is 0 Å². The largest absolute Gasteiger partial charge is 0.341 e. The van der Waals surface area contributed by atoms with Gasteiger partial charge in [0.1, 0.15) is 17.2 Å². The Morgan fingerprint density at radius 3 is 2.58 bits per heavy atom. The topological polar surface area (TPSA) is 84.3 Å². The fourth-order valence-corrected chi connectivity index (χ4v) is 5.49. The summed E-state index contributed by atoms with van der Waals surface area (Å²) in [7, 11) is 0. The minimum atomic E-state index is -0.433. The Morgan fingerprint density at radius 2 is 1.91 bits per heavy atom. The number of halogens is 1. The van der Waals surface area contributed by atoms with Crippen LogP contribution in [0.15, 0.2) is 29.3 Å². The number of likely N-dealkylation sites (tertiary alicyclic amines) is 1. The summed E-state index contributed by atoms with van der Waals surface area (Å²) in [6, 6.07) is 4.47. The van der Waals surface area contributed by atoms with E-state index in [2.05, 4.69) is 24.1 Å². The monoisotopic (exact) mass is 470 g/mol. The zero-order valence-electron chi connectivity index (χ0n) is 19.1. The number of carbonyl (C=O) groups excluding carboxylic acids is 2. The highest BCUT2D eigenvalue weighted by Crippen LogP contribution is 2.28. The van der Waals surface area contributed by atoms with Crippen molar-refractivity contribution >= 4 is 39.1 Å². The van der Waals surface area contributed by atoms with Crippen LogP contribution in [0.2, 0.25) is 0 Å². The van der Waals surface area contributed by atoms with Crippen LogP contribution in [0, 0.1) is 31.5 Å². The first-order valence-electron chi connectivity index (χ1n) is 11.0. The van der Waals surface area contributed by atoms with Gasteiger partial charge in [0.25, 0.3) is 11.5 Å². The second-order valence-corrected chi connectivity index (χ2v) is 10.1. The average molecular weight is 471 g/mol. The van der Waals surface area contributed by atoms with Crippen LogP contribution >= 0.6 is 11.3 Å². The molecular weight excluding hydrogens is 443 g/mol. The van der Waals surface area contributed by atoms with Crippen molar-refractivity contribution < 1.29 is 14.0 Å². The molecule has 0 radical (unpaired) electrons. The summed E-state index contributed by atoms with van der Waals surface area (Å²) in [6.45, 7) is 8.88. The second-order valence-electron chi connectivity index (χ2n) is 9.08. The van der Waals surface area contributed by atoms with E-state index in [1.54, 1.807) is 26.0 Å². The van der Waals surface area contributed by atoms with E-state index >= 15 is 0 Å². The lowest BCUT2D eigenvalue weighted by Crippen LogP contribution is -2.44. The van der Waals surface area contributed by atoms with E-state index in [-0.39, 0.29) is 18.0 Å². The number of amides is 2. The van der Waals surface area contributed by atoms with E-state index in [4.69, 9.17) is 0 Å². The molecule has 0 saturated carbocycles. The molecule has 33 heavy (non-hydrogen) atoms. The Hall–Kier alpha value is -3.07. The number of piperidine rings is 1. The lowest BCUT2D eigenvalue weighted by molar-refractivity contribution is -0.134. The van der Waals surface area contributed by atoms with Crippen molar-refractivity contribution in [1.82, 2.24) is 14.5 Å². The third-order valence-corrected chi connectivity index (χ3v) is 7.28. The summed E-state index contributed by atoms with van der Waals surface area (Å²) in [6.07, 6.45) is 2.46. The number of hydrogen-bond acceptors (Lipinski definition) is 5. The van der Waals surface area contributed by atoms with Gasteiger partial charge in [-0.2, -0.15) is 0 Å². The van der Waals surface area contributed by atoms with Crippen LogP contribution in [0.5, 0.6) is 0 Å². The lowest BCUT2D eigenvalue weighted by atomic mass is 9.92. The summed E-state index contributed by atoms with van der Waals surface area (Å²) in [5.41, 5.74) is 0.972. The Bertz CT molecular complexity index is 1290. The molecule has 9 heteroatoms. The van der Waals surface area contributed by atoms with E-state index in [1.165, 1.54) is 17.0 Å². The second kappa shape index (κ2) is 9.05. The van der Waals surface area contributed by atoms with Crippen molar-refractivity contribution in [2.45, 2.75) is 40.7 Å². The van der Waals surface area contributed by atoms with Gasteiger partial charge in [-0.3, -0.25) is 19.0 Å². The van der Waals surface area contributed by atoms with Gasteiger partial charge in [-0.25, -0.2) is 9.37 Å². The van der Waals surface area contributed by atoms with Crippen LogP contribution in [0.25, 0.3) is 10.2 Å². The van der Waals surface area contributed by atoms with Gasteiger partial charge >= 0.3 is 0 Å². The van der Waals surface area contributed by atoms with Crippen molar-refractivity contribution in [2.75, 3.05) is 18.4 Å². The number of nitrogens with zero attached hydrogens (tertiary/aromatic N) is 3. The number of aromatic nitrogens is 2. The molecule has 1 N–H and O–H groups in total. The van der Waals surface area contributed by atoms with Gasteiger partial charge in [-0.1, -0.05) is 19.9 Å². The predicted octanol–water partition coefficient (Wildman–Crippen LogP) is 3.97. The number of anilines is 1. The van der Waals surface area contributed by atoms with Gasteiger partial charge in [0.2, 0.25) is 5.91 Å². The standard InChI is InChI=1S/C24H27FN4O3S/c1-13-7-14(2)10-28(9-13)19(30)11-29-12-26-23-20(24(29)32)16(4)21(33-23)22(31)27-17-6-5-15(3)18(25)8-17/h5-6,8,12-14H,7,9-11H2,1-4H3,(H,27,31)/t13-,14-/m1/s1. The zero-order valence-corrected chi connectivity index (χ0v) is 20.0. The number of rotatable bonds is 4. The lowest BCUT2D eigenvalue weighted by Gasteiger charge is -2.35. The Labute approximate surface area is 195 Å². The molecule has 0 aliphatic carbocycles. The minimum Gasteiger partial charge on any atom is -0.341 e. The molecule has 1 fully saturated rings. The maximum atomic E-state index is 13.8. The number of aryl methyl sites for hydroxylation is 2. The van der Waals surface area contributed by atoms with Gasteiger partial charge < -0.3 is 10.2 Å². The first-order valence-corrected chi connectivity index (χ1v) is 11.8. The molecule has 1 aliphatic rings. The number of carbonyl (C=O) groups is 2. The Balaban J connectivity index is 1.58. The molecule has 0 bridgehead atoms. The molecule has 174 valence electrons. The maximum absolute atomic E-state index is 13.8. The van der Waals surface area contributed by atoms with Crippen LogP contribution in [-0.2, 0) is 11.3 Å². The number of thiophene rings is 1. The molecule has 7 nitrogen and oxygen atoms in total. The number of nitrogens with one attached hydrogen (secondary N) is 1. The molecule has 1 aliphatic heterocycles. The first-order chi connectivity index (χ1) is 15.6. The third-order valence-electron chi connectivity index (χ3n) is 6.08. The predicted molar refractivity (Wildman–Crippen MR) is 127 cm³/mol. The summed E-state index contributed by atoms with van der Waals surface area (Å²) in [5, 5.41) is 3.01. The van der Waals surface area contributed by atoms with E-state index < -0.39 is 11.7 Å². The SMILES string of the molecule is Cc1ccc(NC(=O)c2sc3ncn(CC(=O)N4C[C@H](C)C[C@@H](C)C4)c(=O)c3c2C)cc1F. The van der Waals surface area contributed by atoms with Crippen LogP contribution in [0.4, 0.5) is 10.1 Å². The highest BCUT2D eigenvalue weighted by molar-refractivity contribution is 7.20. The number of hydrogen-bond donors (Lipinski definition) is 1. The molecule has 1 saturated heterocycles. The van der Waals surface area contributed by atoms with Gasteiger partial charge in [0, 0.05) is 18.8 Å². The molecule has 3 aromatic rings. The van der Waals surface area contributed by atoms with Crippen LogP contribution in [0.1, 0.15) is 41.1 Å². The average Bonchev–Trinajstić information content (AvgIpc) is 3.09. The smallest absolute Gasteiger partial charge is 0.266 e. The van der Waals surface area contributed by atoms with Crippen LogP contribution < -0.4 is 10.9 Å². The minimum absolute atomic E-state index is 0.0827. The van der Waals surface area contributed by atoms with Gasteiger partial charge in [0.05, 0.1) is 16.6 Å². The maximum Gasteiger partial charge on any atom is 0.266 e. The normalized spacial score (nSPS) is 18.5. The van der Waals surface area contributed by atoms with Gasteiger partial charge in [-0.15, -0.1) is 11.3 Å². The molecule has 0 spiro atoms. The van der Waals surface area contributed by atoms with Crippen molar-refractivity contribution in [2.24, 2.45) is 11.8 Å². The molecule has 3 heterocycles. The fourth-order valence-electron chi connectivity index (χ4n) is 4.46.